The van der Waals surface area contributed by atoms with Crippen molar-refractivity contribution in [2.75, 3.05) is 5.32 Å². The Bertz CT molecular complexity index is 949. The lowest BCUT2D eigenvalue weighted by Crippen LogP contribution is -2.17. The fraction of sp³-hybridized carbons (Fsp3) is 0.111. The van der Waals surface area contributed by atoms with Gasteiger partial charge in [0.25, 0.3) is 5.56 Å². The van der Waals surface area contributed by atoms with Crippen molar-refractivity contribution in [2.24, 2.45) is 0 Å². The number of anilines is 1. The zero-order chi connectivity index (χ0) is 17.1. The zero-order valence-electron chi connectivity index (χ0n) is 12.6. The van der Waals surface area contributed by atoms with E-state index in [2.05, 4.69) is 10.3 Å². The molecule has 2 N–H and O–H groups in total. The van der Waals surface area contributed by atoms with Crippen LogP contribution < -0.4 is 10.9 Å². The summed E-state index contributed by atoms with van der Waals surface area (Å²) in [6.45, 7) is 0. The highest BCUT2D eigenvalue weighted by Gasteiger charge is 2.08. The standard InChI is InChI=1S/C18H14F2N2O2/c19-13-4-6-15(7-5-13)21-17(23)8-2-12-9-11-1-3-14(20)10-16(11)22-18(12)24/h1,3-7,9-10H,2,8H2,(H,21,23)(H,22,24). The highest BCUT2D eigenvalue weighted by atomic mass is 19.1. The number of aromatic nitrogens is 1. The average Bonchev–Trinajstić information content (AvgIpc) is 2.55. The second kappa shape index (κ2) is 6.62. The van der Waals surface area contributed by atoms with E-state index in [-0.39, 0.29) is 30.1 Å². The number of halogens is 2. The summed E-state index contributed by atoms with van der Waals surface area (Å²) in [4.78, 5) is 26.5. The van der Waals surface area contributed by atoms with Crippen LogP contribution in [0.3, 0.4) is 0 Å². The van der Waals surface area contributed by atoms with Crippen molar-refractivity contribution in [1.82, 2.24) is 4.98 Å². The third kappa shape index (κ3) is 3.65. The Hall–Kier alpha value is -3.02. The van der Waals surface area contributed by atoms with Gasteiger partial charge in [-0.05, 0) is 60.3 Å². The Morgan fingerprint density at radius 1 is 1.00 bits per heavy atom. The molecule has 0 bridgehead atoms. The molecule has 24 heavy (non-hydrogen) atoms. The van der Waals surface area contributed by atoms with Crippen molar-refractivity contribution in [3.05, 3.63) is 76.1 Å². The van der Waals surface area contributed by atoms with E-state index in [1.54, 1.807) is 12.1 Å². The van der Waals surface area contributed by atoms with E-state index in [9.17, 15) is 18.4 Å². The molecule has 1 aromatic heterocycles. The lowest BCUT2D eigenvalue weighted by atomic mass is 10.1. The van der Waals surface area contributed by atoms with Crippen LogP contribution in [0.5, 0.6) is 0 Å². The van der Waals surface area contributed by atoms with Gasteiger partial charge in [0.05, 0.1) is 5.52 Å². The van der Waals surface area contributed by atoms with Crippen LogP contribution in [0, 0.1) is 11.6 Å². The number of aromatic amines is 1. The third-order valence-corrected chi connectivity index (χ3v) is 3.63. The van der Waals surface area contributed by atoms with E-state index in [1.165, 1.54) is 36.4 Å². The number of H-pyrrole nitrogens is 1. The fourth-order valence-electron chi connectivity index (χ4n) is 2.41. The van der Waals surface area contributed by atoms with E-state index in [0.717, 1.165) is 0 Å². The van der Waals surface area contributed by atoms with Crippen molar-refractivity contribution < 1.29 is 13.6 Å². The van der Waals surface area contributed by atoms with Gasteiger partial charge in [-0.2, -0.15) is 0 Å². The molecule has 1 amide bonds. The highest BCUT2D eigenvalue weighted by Crippen LogP contribution is 2.14. The predicted molar refractivity (Wildman–Crippen MR) is 87.9 cm³/mol. The summed E-state index contributed by atoms with van der Waals surface area (Å²) in [6, 6.07) is 11.2. The summed E-state index contributed by atoms with van der Waals surface area (Å²) >= 11 is 0. The molecule has 0 aliphatic carbocycles. The van der Waals surface area contributed by atoms with Gasteiger partial charge in [0.1, 0.15) is 11.6 Å². The van der Waals surface area contributed by atoms with Gasteiger partial charge in [-0.25, -0.2) is 8.78 Å². The monoisotopic (exact) mass is 328 g/mol. The first-order chi connectivity index (χ1) is 11.5. The molecule has 0 atom stereocenters. The van der Waals surface area contributed by atoms with Crippen molar-refractivity contribution in [2.45, 2.75) is 12.8 Å². The van der Waals surface area contributed by atoms with Crippen LogP contribution >= 0.6 is 0 Å². The van der Waals surface area contributed by atoms with E-state index >= 15 is 0 Å². The lowest BCUT2D eigenvalue weighted by molar-refractivity contribution is -0.116. The van der Waals surface area contributed by atoms with Crippen LogP contribution in [0.25, 0.3) is 10.9 Å². The Labute approximate surface area is 136 Å². The summed E-state index contributed by atoms with van der Waals surface area (Å²) in [7, 11) is 0. The maximum Gasteiger partial charge on any atom is 0.251 e. The largest absolute Gasteiger partial charge is 0.326 e. The van der Waals surface area contributed by atoms with Gasteiger partial charge in [0, 0.05) is 17.7 Å². The summed E-state index contributed by atoms with van der Waals surface area (Å²) in [5, 5.41) is 3.34. The molecule has 2 aromatic carbocycles. The molecule has 0 radical (unpaired) electrons. The van der Waals surface area contributed by atoms with Gasteiger partial charge in [-0.1, -0.05) is 0 Å². The molecule has 0 saturated heterocycles. The Morgan fingerprint density at radius 2 is 1.71 bits per heavy atom. The maximum atomic E-state index is 13.2. The molecule has 4 nitrogen and oxygen atoms in total. The molecule has 1 heterocycles. The predicted octanol–water partition coefficient (Wildman–Crippen LogP) is 3.38. The van der Waals surface area contributed by atoms with Crippen LogP contribution in [0.1, 0.15) is 12.0 Å². The SMILES string of the molecule is O=C(CCc1cc2ccc(F)cc2[nH]c1=O)Nc1ccc(F)cc1. The van der Waals surface area contributed by atoms with Crippen LogP contribution in [0.4, 0.5) is 14.5 Å². The first-order valence-corrected chi connectivity index (χ1v) is 7.38. The number of fused-ring (bicyclic) bond motifs is 1. The zero-order valence-corrected chi connectivity index (χ0v) is 12.6. The van der Waals surface area contributed by atoms with Gasteiger partial charge in [0.15, 0.2) is 0 Å². The Morgan fingerprint density at radius 3 is 2.46 bits per heavy atom. The molecular formula is C18H14F2N2O2. The van der Waals surface area contributed by atoms with Gasteiger partial charge in [-0.15, -0.1) is 0 Å². The summed E-state index contributed by atoms with van der Waals surface area (Å²) in [5.41, 5.74) is 1.01. The van der Waals surface area contributed by atoms with Crippen LogP contribution in [-0.2, 0) is 11.2 Å². The molecule has 0 saturated carbocycles. The topological polar surface area (TPSA) is 62.0 Å². The van der Waals surface area contributed by atoms with E-state index < -0.39 is 5.82 Å². The fourth-order valence-corrected chi connectivity index (χ4v) is 2.41. The number of amides is 1. The quantitative estimate of drug-likeness (QED) is 0.771. The number of hydrogen-bond acceptors (Lipinski definition) is 2. The molecule has 0 spiro atoms. The second-order valence-electron chi connectivity index (χ2n) is 5.41. The van der Waals surface area contributed by atoms with Crippen LogP contribution in [0.2, 0.25) is 0 Å². The third-order valence-electron chi connectivity index (χ3n) is 3.63. The van der Waals surface area contributed by atoms with Gasteiger partial charge < -0.3 is 10.3 Å². The van der Waals surface area contributed by atoms with Gasteiger partial charge in [-0.3, -0.25) is 9.59 Å². The molecule has 3 aromatic rings. The van der Waals surface area contributed by atoms with E-state index in [1.807, 2.05) is 0 Å². The molecule has 3 rings (SSSR count). The maximum absolute atomic E-state index is 13.2. The van der Waals surface area contributed by atoms with Crippen molar-refractivity contribution in [1.29, 1.82) is 0 Å². The summed E-state index contributed by atoms with van der Waals surface area (Å²) < 4.78 is 26.0. The molecule has 6 heteroatoms. The molecule has 0 fully saturated rings. The Kier molecular flexibility index (Phi) is 4.37. The average molecular weight is 328 g/mol. The summed E-state index contributed by atoms with van der Waals surface area (Å²) in [5.74, 6) is -1.09. The molecular weight excluding hydrogens is 314 g/mol. The van der Waals surface area contributed by atoms with Gasteiger partial charge >= 0.3 is 0 Å². The first kappa shape index (κ1) is 15.9. The second-order valence-corrected chi connectivity index (χ2v) is 5.41. The number of carbonyl (C=O) groups excluding carboxylic acids is 1. The normalized spacial score (nSPS) is 10.8. The lowest BCUT2D eigenvalue weighted by Gasteiger charge is -2.06. The Balaban J connectivity index is 1.69. The van der Waals surface area contributed by atoms with Crippen LogP contribution in [0.15, 0.2) is 53.3 Å². The van der Waals surface area contributed by atoms with Gasteiger partial charge in [0.2, 0.25) is 5.91 Å². The number of nitrogens with one attached hydrogen (secondary N) is 2. The number of rotatable bonds is 4. The summed E-state index contributed by atoms with van der Waals surface area (Å²) in [6.07, 6.45) is 0.350. The number of hydrogen-bond donors (Lipinski definition) is 2. The molecule has 122 valence electrons. The van der Waals surface area contributed by atoms with Crippen molar-refractivity contribution >= 4 is 22.5 Å². The number of benzene rings is 2. The van der Waals surface area contributed by atoms with Crippen molar-refractivity contribution in [3.63, 3.8) is 0 Å². The first-order valence-electron chi connectivity index (χ1n) is 7.38. The van der Waals surface area contributed by atoms with Crippen LogP contribution in [-0.4, -0.2) is 10.9 Å². The van der Waals surface area contributed by atoms with Crippen molar-refractivity contribution in [3.8, 4) is 0 Å². The number of pyridine rings is 1. The number of aryl methyl sites for hydroxylation is 1. The highest BCUT2D eigenvalue weighted by molar-refractivity contribution is 5.90. The minimum atomic E-state index is -0.426. The minimum Gasteiger partial charge on any atom is -0.326 e. The molecule has 0 aliphatic heterocycles. The molecule has 0 unspecified atom stereocenters. The molecule has 0 aliphatic rings. The minimum absolute atomic E-state index is 0.104. The smallest absolute Gasteiger partial charge is 0.251 e. The van der Waals surface area contributed by atoms with E-state index in [0.29, 0.717) is 22.2 Å². The van der Waals surface area contributed by atoms with E-state index in [4.69, 9.17) is 0 Å². The number of carbonyl (C=O) groups is 1.